The van der Waals surface area contributed by atoms with Crippen LogP contribution in [0.15, 0.2) is 29.3 Å². The highest BCUT2D eigenvalue weighted by atomic mass is 16.4. The van der Waals surface area contributed by atoms with Crippen LogP contribution in [-0.4, -0.2) is 76.5 Å². The van der Waals surface area contributed by atoms with Crippen molar-refractivity contribution in [3.8, 4) is 5.75 Å². The van der Waals surface area contributed by atoms with Crippen LogP contribution >= 0.6 is 0 Å². The summed E-state index contributed by atoms with van der Waals surface area (Å²) in [6.07, 6.45) is -0.459. The van der Waals surface area contributed by atoms with Crippen molar-refractivity contribution in [1.29, 1.82) is 0 Å². The number of aliphatic imine (C=N–C) groups is 1. The van der Waals surface area contributed by atoms with Gasteiger partial charge >= 0.3 is 5.97 Å². The molecule has 4 atom stereocenters. The van der Waals surface area contributed by atoms with Crippen molar-refractivity contribution in [1.82, 2.24) is 16.0 Å². The van der Waals surface area contributed by atoms with Crippen LogP contribution in [0.4, 0.5) is 0 Å². The van der Waals surface area contributed by atoms with Gasteiger partial charge in [0, 0.05) is 13.0 Å². The number of amides is 4. The number of phenols is 1. The maximum Gasteiger partial charge on any atom is 0.326 e. The third-order valence-electron chi connectivity index (χ3n) is 5.02. The second-order valence-electron chi connectivity index (χ2n) is 8.30. The van der Waals surface area contributed by atoms with Crippen molar-refractivity contribution in [2.24, 2.45) is 27.9 Å². The zero-order chi connectivity index (χ0) is 28.1. The van der Waals surface area contributed by atoms with Crippen molar-refractivity contribution in [3.05, 3.63) is 29.8 Å². The van der Waals surface area contributed by atoms with Crippen LogP contribution in [0.5, 0.6) is 5.75 Å². The number of carboxylic acid groups (broad SMARTS) is 1. The highest BCUT2D eigenvalue weighted by Crippen LogP contribution is 2.12. The first kappa shape index (κ1) is 30.6. The molecule has 0 saturated heterocycles. The van der Waals surface area contributed by atoms with E-state index in [1.54, 1.807) is 0 Å². The molecule has 37 heavy (non-hydrogen) atoms. The summed E-state index contributed by atoms with van der Waals surface area (Å²) in [7, 11) is 0. The van der Waals surface area contributed by atoms with E-state index in [1.807, 2.05) is 0 Å². The predicted molar refractivity (Wildman–Crippen MR) is 133 cm³/mol. The lowest BCUT2D eigenvalue weighted by atomic mass is 10.0. The van der Waals surface area contributed by atoms with Crippen molar-refractivity contribution in [2.45, 2.75) is 56.8 Å². The molecule has 0 bridgehead atoms. The second kappa shape index (κ2) is 14.9. The SMILES string of the molecule is CC(N)C(=O)NC(CC(N)=O)C(=O)NC(CCCN=C(N)N)C(=O)NC(Cc1ccc(O)cc1)C(=O)O. The van der Waals surface area contributed by atoms with Crippen LogP contribution in [0.3, 0.4) is 0 Å². The van der Waals surface area contributed by atoms with E-state index >= 15 is 0 Å². The number of carbonyl (C=O) groups excluding carboxylic acids is 4. The summed E-state index contributed by atoms with van der Waals surface area (Å²) in [5.41, 5.74) is 21.8. The molecule has 4 unspecified atom stereocenters. The lowest BCUT2D eigenvalue weighted by Gasteiger charge is -2.24. The highest BCUT2D eigenvalue weighted by molar-refractivity contribution is 5.96. The van der Waals surface area contributed by atoms with Gasteiger partial charge in [0.25, 0.3) is 0 Å². The lowest BCUT2D eigenvalue weighted by molar-refractivity contribution is -0.142. The third-order valence-corrected chi connectivity index (χ3v) is 5.02. The molecule has 0 saturated carbocycles. The molecule has 204 valence electrons. The van der Waals surface area contributed by atoms with Gasteiger partial charge in [-0.2, -0.15) is 0 Å². The lowest BCUT2D eigenvalue weighted by Crippen LogP contribution is -2.57. The molecule has 4 amide bonds. The number of nitrogens with one attached hydrogen (secondary N) is 3. The Kier molecular flexibility index (Phi) is 12.3. The number of aromatic hydroxyl groups is 1. The molecule has 0 aromatic heterocycles. The number of aliphatic carboxylic acids is 1. The fourth-order valence-electron chi connectivity index (χ4n) is 3.10. The van der Waals surface area contributed by atoms with E-state index in [4.69, 9.17) is 22.9 Å². The molecule has 15 heteroatoms. The van der Waals surface area contributed by atoms with E-state index in [0.717, 1.165) is 0 Å². The number of nitrogens with zero attached hydrogens (tertiary/aromatic N) is 1. The van der Waals surface area contributed by atoms with Crippen LogP contribution in [0.1, 0.15) is 31.7 Å². The van der Waals surface area contributed by atoms with Gasteiger partial charge in [0.1, 0.15) is 23.9 Å². The quantitative estimate of drug-likeness (QED) is 0.0630. The van der Waals surface area contributed by atoms with Crippen LogP contribution in [0, 0.1) is 0 Å². The molecule has 0 spiro atoms. The number of rotatable bonds is 15. The molecule has 1 aromatic rings. The van der Waals surface area contributed by atoms with Gasteiger partial charge in [0.05, 0.1) is 12.5 Å². The van der Waals surface area contributed by atoms with Gasteiger partial charge in [0.15, 0.2) is 5.96 Å². The monoisotopic (exact) mass is 522 g/mol. The summed E-state index contributed by atoms with van der Waals surface area (Å²) in [6.45, 7) is 1.48. The first-order chi connectivity index (χ1) is 17.3. The Morgan fingerprint density at radius 3 is 1.95 bits per heavy atom. The molecule has 1 aromatic carbocycles. The molecule has 0 aliphatic carbocycles. The van der Waals surface area contributed by atoms with Gasteiger partial charge in [-0.25, -0.2) is 4.79 Å². The highest BCUT2D eigenvalue weighted by Gasteiger charge is 2.30. The fourth-order valence-corrected chi connectivity index (χ4v) is 3.10. The number of nitrogens with two attached hydrogens (primary N) is 4. The first-order valence-corrected chi connectivity index (χ1v) is 11.3. The van der Waals surface area contributed by atoms with Gasteiger partial charge in [-0.3, -0.25) is 24.2 Å². The largest absolute Gasteiger partial charge is 0.508 e. The Morgan fingerprint density at radius 2 is 1.43 bits per heavy atom. The van der Waals surface area contributed by atoms with E-state index in [-0.39, 0.29) is 37.5 Å². The Hall–Kier alpha value is -4.40. The summed E-state index contributed by atoms with van der Waals surface area (Å²) >= 11 is 0. The first-order valence-electron chi connectivity index (χ1n) is 11.3. The number of benzene rings is 1. The average Bonchev–Trinajstić information content (AvgIpc) is 2.80. The Morgan fingerprint density at radius 1 is 0.892 bits per heavy atom. The van der Waals surface area contributed by atoms with Gasteiger partial charge in [-0.1, -0.05) is 12.1 Å². The smallest absolute Gasteiger partial charge is 0.326 e. The average molecular weight is 523 g/mol. The molecular formula is C22H34N8O7. The number of phenolic OH excluding ortho intramolecular Hbond substituents is 1. The maximum absolute atomic E-state index is 13.0. The molecule has 0 radical (unpaired) electrons. The van der Waals surface area contributed by atoms with E-state index in [2.05, 4.69) is 20.9 Å². The Bertz CT molecular complexity index is 993. The number of carboxylic acids is 1. The molecule has 0 heterocycles. The summed E-state index contributed by atoms with van der Waals surface area (Å²) in [5, 5.41) is 26.1. The van der Waals surface area contributed by atoms with E-state index < -0.39 is 60.2 Å². The minimum Gasteiger partial charge on any atom is -0.508 e. The van der Waals surface area contributed by atoms with Gasteiger partial charge in [0.2, 0.25) is 23.6 Å². The number of hydrogen-bond acceptors (Lipinski definition) is 8. The van der Waals surface area contributed by atoms with Gasteiger partial charge in [-0.05, 0) is 37.5 Å². The van der Waals surface area contributed by atoms with E-state index in [1.165, 1.54) is 31.2 Å². The van der Waals surface area contributed by atoms with Crippen LogP contribution < -0.4 is 38.9 Å². The fraction of sp³-hybridized carbons (Fsp3) is 0.455. The van der Waals surface area contributed by atoms with Crippen molar-refractivity contribution in [2.75, 3.05) is 6.54 Å². The topological polar surface area (TPSA) is 278 Å². The normalized spacial score (nSPS) is 13.8. The number of hydrogen-bond donors (Lipinski definition) is 9. The zero-order valence-electron chi connectivity index (χ0n) is 20.3. The summed E-state index contributed by atoms with van der Waals surface area (Å²) in [4.78, 5) is 64.9. The van der Waals surface area contributed by atoms with Crippen molar-refractivity contribution < 1.29 is 34.2 Å². The Balaban J connectivity index is 3.07. The molecule has 0 fully saturated rings. The van der Waals surface area contributed by atoms with Crippen LogP contribution in [0.2, 0.25) is 0 Å². The standard InChI is InChI=1S/C22H34N8O7/c1-11(23)18(33)29-15(10-17(24)32)20(35)28-14(3-2-8-27-22(25)26)19(34)30-16(21(36)37)9-12-4-6-13(31)7-5-12/h4-7,11,14-16,31H,2-3,8-10,23H2,1H3,(H2,24,32)(H,28,35)(H,29,33)(H,30,34)(H,36,37)(H4,25,26,27). The van der Waals surface area contributed by atoms with Crippen LogP contribution in [0.25, 0.3) is 0 Å². The minimum absolute atomic E-state index is 0.00940. The summed E-state index contributed by atoms with van der Waals surface area (Å²) < 4.78 is 0. The maximum atomic E-state index is 13.0. The number of guanidine groups is 1. The van der Waals surface area contributed by atoms with Gasteiger partial charge < -0.3 is 49.1 Å². The minimum atomic E-state index is -1.42. The van der Waals surface area contributed by atoms with Crippen LogP contribution in [-0.2, 0) is 30.4 Å². The molecular weight excluding hydrogens is 488 g/mol. The second-order valence-corrected chi connectivity index (χ2v) is 8.30. The van der Waals surface area contributed by atoms with Crippen molar-refractivity contribution in [3.63, 3.8) is 0 Å². The molecule has 1 rings (SSSR count). The predicted octanol–water partition coefficient (Wildman–Crippen LogP) is -3.25. The molecule has 15 nitrogen and oxygen atoms in total. The molecule has 13 N–H and O–H groups in total. The number of primary amides is 1. The number of carbonyl (C=O) groups is 5. The molecule has 0 aliphatic rings. The third kappa shape index (κ3) is 11.7. The van der Waals surface area contributed by atoms with Gasteiger partial charge in [-0.15, -0.1) is 0 Å². The molecule has 0 aliphatic heterocycles. The van der Waals surface area contributed by atoms with Crippen molar-refractivity contribution >= 4 is 35.6 Å². The van der Waals surface area contributed by atoms with E-state index in [0.29, 0.717) is 5.56 Å². The zero-order valence-corrected chi connectivity index (χ0v) is 20.3. The summed E-state index contributed by atoms with van der Waals surface area (Å²) in [6, 6.07) is 0.702. The Labute approximate surface area is 213 Å². The summed E-state index contributed by atoms with van der Waals surface area (Å²) in [5.74, 6) is -4.87. The van der Waals surface area contributed by atoms with E-state index in [9.17, 15) is 34.2 Å².